The van der Waals surface area contributed by atoms with E-state index in [1.54, 1.807) is 19.2 Å². The number of benzene rings is 1. The van der Waals surface area contributed by atoms with Gasteiger partial charge in [0.1, 0.15) is 6.10 Å². The molecule has 0 amide bonds. The molecule has 2 aromatic rings. The van der Waals surface area contributed by atoms with E-state index in [0.717, 1.165) is 24.0 Å². The van der Waals surface area contributed by atoms with Gasteiger partial charge in [0.25, 0.3) is 5.89 Å². The second-order valence-electron chi connectivity index (χ2n) is 4.61. The van der Waals surface area contributed by atoms with Crippen molar-refractivity contribution in [2.45, 2.75) is 32.8 Å². The largest absolute Gasteiger partial charge is 0.373 e. The molecule has 1 aromatic heterocycles. The molecule has 5 heteroatoms. The highest BCUT2D eigenvalue weighted by Gasteiger charge is 2.18. The number of hydrogen-bond donors (Lipinski definition) is 0. The molecule has 104 valence electrons. The van der Waals surface area contributed by atoms with Crippen molar-refractivity contribution >= 4 is 0 Å². The molecule has 0 saturated carbocycles. The van der Waals surface area contributed by atoms with Crippen LogP contribution < -0.4 is 0 Å². The molecule has 0 spiro atoms. The molecule has 0 aliphatic carbocycles. The predicted octanol–water partition coefficient (Wildman–Crippen LogP) is 3.40. The molecule has 20 heavy (non-hydrogen) atoms. The fraction of sp³-hybridized carbons (Fsp3) is 0.400. The second-order valence-corrected chi connectivity index (χ2v) is 4.61. The summed E-state index contributed by atoms with van der Waals surface area (Å²) in [5.41, 5.74) is 2.39. The lowest BCUT2D eigenvalue weighted by atomic mass is 10.1. The third-order valence-corrected chi connectivity index (χ3v) is 3.15. The van der Waals surface area contributed by atoms with Gasteiger partial charge in [-0.2, -0.15) is 10.2 Å². The van der Waals surface area contributed by atoms with Gasteiger partial charge in [-0.05, 0) is 37.1 Å². The van der Waals surface area contributed by atoms with Crippen LogP contribution >= 0.6 is 0 Å². The molecule has 1 aromatic carbocycles. The van der Waals surface area contributed by atoms with Gasteiger partial charge in [-0.1, -0.05) is 18.5 Å². The fourth-order valence-electron chi connectivity index (χ4n) is 2.06. The third-order valence-electron chi connectivity index (χ3n) is 3.15. The van der Waals surface area contributed by atoms with Crippen LogP contribution in [0.2, 0.25) is 0 Å². The number of nitriles is 1. The van der Waals surface area contributed by atoms with E-state index in [9.17, 15) is 0 Å². The number of nitrogens with zero attached hydrogens (tertiary/aromatic N) is 3. The predicted molar refractivity (Wildman–Crippen MR) is 73.8 cm³/mol. The van der Waals surface area contributed by atoms with E-state index in [-0.39, 0.29) is 6.10 Å². The molecule has 5 nitrogen and oxygen atoms in total. The molecule has 0 fully saturated rings. The van der Waals surface area contributed by atoms with E-state index in [0.29, 0.717) is 17.3 Å². The van der Waals surface area contributed by atoms with Crippen LogP contribution in [0.5, 0.6) is 0 Å². The summed E-state index contributed by atoms with van der Waals surface area (Å²) in [4.78, 5) is 4.40. The standard InChI is InChI=1S/C15H17N3O2/c1-4-5-13(19-3)14-17-15(20-18-14)12-7-6-11(9-16)8-10(12)2/h6-8,13H,4-5H2,1-3H3. The van der Waals surface area contributed by atoms with Crippen LogP contribution in [0.25, 0.3) is 11.5 Å². The lowest BCUT2D eigenvalue weighted by Gasteiger charge is -2.08. The zero-order valence-electron chi connectivity index (χ0n) is 11.9. The van der Waals surface area contributed by atoms with Gasteiger partial charge in [-0.15, -0.1) is 0 Å². The first-order valence-electron chi connectivity index (χ1n) is 6.57. The van der Waals surface area contributed by atoms with Crippen molar-refractivity contribution < 1.29 is 9.26 Å². The Labute approximate surface area is 118 Å². The van der Waals surface area contributed by atoms with Gasteiger partial charge < -0.3 is 9.26 Å². The van der Waals surface area contributed by atoms with Gasteiger partial charge >= 0.3 is 0 Å². The third kappa shape index (κ3) is 2.86. The van der Waals surface area contributed by atoms with Gasteiger partial charge in [-0.25, -0.2) is 0 Å². The first-order chi connectivity index (χ1) is 9.69. The van der Waals surface area contributed by atoms with E-state index in [2.05, 4.69) is 23.1 Å². The summed E-state index contributed by atoms with van der Waals surface area (Å²) in [6.07, 6.45) is 1.69. The smallest absolute Gasteiger partial charge is 0.258 e. The van der Waals surface area contributed by atoms with Crippen molar-refractivity contribution in [1.29, 1.82) is 5.26 Å². The van der Waals surface area contributed by atoms with E-state index in [1.807, 2.05) is 13.0 Å². The Bertz CT molecular complexity index is 628. The zero-order chi connectivity index (χ0) is 14.5. The van der Waals surface area contributed by atoms with Crippen molar-refractivity contribution in [1.82, 2.24) is 10.1 Å². The Kier molecular flexibility index (Phi) is 4.49. The molecule has 0 saturated heterocycles. The quantitative estimate of drug-likeness (QED) is 0.833. The van der Waals surface area contributed by atoms with Gasteiger partial charge in [0.15, 0.2) is 0 Å². The minimum Gasteiger partial charge on any atom is -0.373 e. The zero-order valence-corrected chi connectivity index (χ0v) is 11.9. The average Bonchev–Trinajstić information content (AvgIpc) is 2.93. The average molecular weight is 271 g/mol. The fourth-order valence-corrected chi connectivity index (χ4v) is 2.06. The molecule has 0 aliphatic rings. The Morgan fingerprint density at radius 3 is 2.85 bits per heavy atom. The topological polar surface area (TPSA) is 71.9 Å². The number of aromatic nitrogens is 2. The number of ether oxygens (including phenoxy) is 1. The van der Waals surface area contributed by atoms with Crippen LogP contribution in [-0.4, -0.2) is 17.3 Å². The van der Waals surface area contributed by atoms with Gasteiger partial charge in [0.05, 0.1) is 11.6 Å². The second kappa shape index (κ2) is 6.31. The maximum Gasteiger partial charge on any atom is 0.258 e. The van der Waals surface area contributed by atoms with Crippen molar-refractivity contribution in [3.05, 3.63) is 35.2 Å². The monoisotopic (exact) mass is 271 g/mol. The van der Waals surface area contributed by atoms with Gasteiger partial charge in [0, 0.05) is 12.7 Å². The van der Waals surface area contributed by atoms with Crippen molar-refractivity contribution in [2.24, 2.45) is 0 Å². The summed E-state index contributed by atoms with van der Waals surface area (Å²) in [5, 5.41) is 12.9. The van der Waals surface area contributed by atoms with Crippen LogP contribution in [0, 0.1) is 18.3 Å². The normalized spacial score (nSPS) is 12.1. The lowest BCUT2D eigenvalue weighted by molar-refractivity contribution is 0.0854. The number of aryl methyl sites for hydroxylation is 1. The summed E-state index contributed by atoms with van der Waals surface area (Å²) >= 11 is 0. The maximum atomic E-state index is 8.87. The van der Waals surface area contributed by atoms with Crippen LogP contribution in [-0.2, 0) is 4.74 Å². The van der Waals surface area contributed by atoms with E-state index < -0.39 is 0 Å². The maximum absolute atomic E-state index is 8.87. The van der Waals surface area contributed by atoms with Crippen LogP contribution in [0.15, 0.2) is 22.7 Å². The first-order valence-corrected chi connectivity index (χ1v) is 6.57. The molecule has 0 aliphatic heterocycles. The molecule has 1 heterocycles. The number of rotatable bonds is 5. The van der Waals surface area contributed by atoms with Crippen molar-refractivity contribution in [3.8, 4) is 17.5 Å². The van der Waals surface area contributed by atoms with E-state index in [4.69, 9.17) is 14.5 Å². The molecular weight excluding hydrogens is 254 g/mol. The summed E-state index contributed by atoms with van der Waals surface area (Å²) in [6, 6.07) is 7.48. The van der Waals surface area contributed by atoms with Crippen LogP contribution in [0.1, 0.15) is 42.8 Å². The Morgan fingerprint density at radius 2 is 2.25 bits per heavy atom. The highest BCUT2D eigenvalue weighted by Crippen LogP contribution is 2.26. The highest BCUT2D eigenvalue weighted by molar-refractivity contribution is 5.60. The molecule has 1 unspecified atom stereocenters. The van der Waals surface area contributed by atoms with Gasteiger partial charge in [0.2, 0.25) is 5.82 Å². The summed E-state index contributed by atoms with van der Waals surface area (Å²) < 4.78 is 10.7. The molecule has 0 radical (unpaired) electrons. The van der Waals surface area contributed by atoms with Crippen LogP contribution in [0.3, 0.4) is 0 Å². The van der Waals surface area contributed by atoms with Gasteiger partial charge in [-0.3, -0.25) is 0 Å². The SMILES string of the molecule is CCCC(OC)c1noc(-c2ccc(C#N)cc2C)n1. The Hall–Kier alpha value is -2.19. The number of hydrogen-bond acceptors (Lipinski definition) is 5. The Morgan fingerprint density at radius 1 is 1.45 bits per heavy atom. The van der Waals surface area contributed by atoms with Crippen molar-refractivity contribution in [2.75, 3.05) is 7.11 Å². The summed E-state index contributed by atoms with van der Waals surface area (Å²) in [6.45, 7) is 4.00. The minimum atomic E-state index is -0.142. The Balaban J connectivity index is 2.31. The molecule has 0 bridgehead atoms. The summed E-state index contributed by atoms with van der Waals surface area (Å²) in [7, 11) is 1.64. The molecular formula is C15H17N3O2. The minimum absolute atomic E-state index is 0.142. The van der Waals surface area contributed by atoms with Crippen molar-refractivity contribution in [3.63, 3.8) is 0 Å². The van der Waals surface area contributed by atoms with E-state index in [1.165, 1.54) is 0 Å². The van der Waals surface area contributed by atoms with Crippen LogP contribution in [0.4, 0.5) is 0 Å². The number of methoxy groups -OCH3 is 1. The molecule has 0 N–H and O–H groups in total. The lowest BCUT2D eigenvalue weighted by Crippen LogP contribution is -2.03. The van der Waals surface area contributed by atoms with E-state index >= 15 is 0 Å². The summed E-state index contributed by atoms with van der Waals surface area (Å²) in [5.74, 6) is 1.02. The highest BCUT2D eigenvalue weighted by atomic mass is 16.5. The first kappa shape index (κ1) is 14.2. The molecule has 2 rings (SSSR count). The molecule has 1 atom stereocenters.